The van der Waals surface area contributed by atoms with Crippen LogP contribution in [0.3, 0.4) is 0 Å². The molecule has 0 saturated carbocycles. The summed E-state index contributed by atoms with van der Waals surface area (Å²) in [5, 5.41) is 11.0. The lowest BCUT2D eigenvalue weighted by Gasteiger charge is -2.08. The number of hydrogen-bond acceptors (Lipinski definition) is 3. The number of rotatable bonds is 5. The van der Waals surface area contributed by atoms with Gasteiger partial charge in [-0.1, -0.05) is 36.4 Å². The van der Waals surface area contributed by atoms with Crippen molar-refractivity contribution < 1.29 is 19.4 Å². The van der Waals surface area contributed by atoms with E-state index >= 15 is 0 Å². The minimum atomic E-state index is -1.46. The summed E-state index contributed by atoms with van der Waals surface area (Å²) >= 11 is 0. The number of carboxylic acids is 1. The Morgan fingerprint density at radius 1 is 0.870 bits per heavy atom. The lowest BCUT2D eigenvalue weighted by Crippen LogP contribution is -2.12. The Morgan fingerprint density at radius 3 is 2.26 bits per heavy atom. The van der Waals surface area contributed by atoms with Crippen LogP contribution < -0.4 is 4.74 Å². The van der Waals surface area contributed by atoms with Gasteiger partial charge in [0.2, 0.25) is 0 Å². The maximum absolute atomic E-state index is 11.3. The third kappa shape index (κ3) is 3.37. The van der Waals surface area contributed by atoms with Gasteiger partial charge in [0, 0.05) is 5.56 Å². The Balaban J connectivity index is 1.69. The van der Waals surface area contributed by atoms with Gasteiger partial charge >= 0.3 is 5.97 Å². The van der Waals surface area contributed by atoms with E-state index < -0.39 is 11.8 Å². The molecule has 0 spiro atoms. The van der Waals surface area contributed by atoms with Crippen LogP contribution in [0.25, 0.3) is 10.8 Å². The highest BCUT2D eigenvalue weighted by Crippen LogP contribution is 2.18. The van der Waals surface area contributed by atoms with E-state index in [-0.39, 0.29) is 5.56 Å². The molecule has 0 aliphatic carbocycles. The van der Waals surface area contributed by atoms with Crippen LogP contribution in [0.1, 0.15) is 15.9 Å². The molecule has 0 heterocycles. The van der Waals surface area contributed by atoms with Gasteiger partial charge in [0.1, 0.15) is 12.4 Å². The molecule has 0 bridgehead atoms. The van der Waals surface area contributed by atoms with Crippen molar-refractivity contribution in [3.63, 3.8) is 0 Å². The maximum Gasteiger partial charge on any atom is 0.377 e. The van der Waals surface area contributed by atoms with Gasteiger partial charge in [-0.05, 0) is 46.7 Å². The van der Waals surface area contributed by atoms with E-state index in [9.17, 15) is 9.59 Å². The van der Waals surface area contributed by atoms with Crippen LogP contribution in [0.4, 0.5) is 0 Å². The summed E-state index contributed by atoms with van der Waals surface area (Å²) in [5.74, 6) is -1.80. The Kier molecular flexibility index (Phi) is 4.06. The van der Waals surface area contributed by atoms with E-state index in [0.29, 0.717) is 12.4 Å². The van der Waals surface area contributed by atoms with Gasteiger partial charge in [-0.25, -0.2) is 4.79 Å². The summed E-state index contributed by atoms with van der Waals surface area (Å²) in [6.07, 6.45) is 0. The number of benzene rings is 3. The van der Waals surface area contributed by atoms with Crippen LogP contribution in [0.15, 0.2) is 66.7 Å². The largest absolute Gasteiger partial charge is 0.489 e. The zero-order valence-corrected chi connectivity index (χ0v) is 12.2. The van der Waals surface area contributed by atoms with Gasteiger partial charge in [-0.2, -0.15) is 0 Å². The SMILES string of the molecule is O=C(O)C(=O)c1ccc(OCc2ccc3ccccc3c2)cc1. The molecule has 0 amide bonds. The first-order valence-corrected chi connectivity index (χ1v) is 7.11. The summed E-state index contributed by atoms with van der Waals surface area (Å²) in [5.41, 5.74) is 1.17. The molecule has 0 radical (unpaired) electrons. The van der Waals surface area contributed by atoms with Gasteiger partial charge in [0.15, 0.2) is 0 Å². The lowest BCUT2D eigenvalue weighted by atomic mass is 10.1. The standard InChI is InChI=1S/C19H14O4/c20-18(19(21)22)15-7-9-17(10-8-15)23-12-13-5-6-14-3-1-2-4-16(14)11-13/h1-11H,12H2,(H,21,22). The van der Waals surface area contributed by atoms with E-state index in [4.69, 9.17) is 9.84 Å². The predicted octanol–water partition coefficient (Wildman–Crippen LogP) is 3.69. The number of ether oxygens (including phenoxy) is 1. The van der Waals surface area contributed by atoms with E-state index in [1.165, 1.54) is 17.5 Å². The number of hydrogen-bond donors (Lipinski definition) is 1. The monoisotopic (exact) mass is 306 g/mol. The molecule has 3 aromatic rings. The minimum Gasteiger partial charge on any atom is -0.489 e. The molecule has 0 unspecified atom stereocenters. The first-order chi connectivity index (χ1) is 11.1. The summed E-state index contributed by atoms with van der Waals surface area (Å²) in [4.78, 5) is 21.9. The number of aliphatic carboxylic acids is 1. The second-order valence-electron chi connectivity index (χ2n) is 5.13. The van der Waals surface area contributed by atoms with Crippen LogP contribution in [0.2, 0.25) is 0 Å². The molecule has 0 fully saturated rings. The number of Topliss-reactive ketones (excluding diaryl/α,β-unsaturated/α-hetero) is 1. The molecule has 4 nitrogen and oxygen atoms in total. The molecule has 23 heavy (non-hydrogen) atoms. The molecule has 114 valence electrons. The van der Waals surface area contributed by atoms with Gasteiger partial charge in [0.25, 0.3) is 5.78 Å². The molecule has 0 aromatic heterocycles. The molecule has 1 N–H and O–H groups in total. The summed E-state index contributed by atoms with van der Waals surface area (Å²) < 4.78 is 5.68. The first-order valence-electron chi connectivity index (χ1n) is 7.11. The Morgan fingerprint density at radius 2 is 1.57 bits per heavy atom. The van der Waals surface area contributed by atoms with Crippen LogP contribution in [0.5, 0.6) is 5.75 Å². The number of carbonyl (C=O) groups is 2. The van der Waals surface area contributed by atoms with Gasteiger partial charge < -0.3 is 9.84 Å². The summed E-state index contributed by atoms with van der Waals surface area (Å²) in [6, 6.07) is 20.3. The molecule has 0 aliphatic heterocycles. The van der Waals surface area contributed by atoms with Crippen molar-refractivity contribution in [2.75, 3.05) is 0 Å². The summed E-state index contributed by atoms with van der Waals surface area (Å²) in [7, 11) is 0. The molecule has 3 rings (SSSR count). The molecule has 0 aliphatic rings. The fourth-order valence-electron chi connectivity index (χ4n) is 2.32. The number of carboxylic acid groups (broad SMARTS) is 1. The third-order valence-corrected chi connectivity index (χ3v) is 3.53. The van der Waals surface area contributed by atoms with Crippen molar-refractivity contribution in [2.45, 2.75) is 6.61 Å². The van der Waals surface area contributed by atoms with E-state index in [2.05, 4.69) is 12.1 Å². The van der Waals surface area contributed by atoms with Crippen LogP contribution >= 0.6 is 0 Å². The Labute approximate surface area is 132 Å². The van der Waals surface area contributed by atoms with Gasteiger partial charge in [-0.3, -0.25) is 4.79 Å². The average molecular weight is 306 g/mol. The number of ketones is 1. The van der Waals surface area contributed by atoms with Crippen molar-refractivity contribution in [2.24, 2.45) is 0 Å². The van der Waals surface area contributed by atoms with Crippen molar-refractivity contribution in [3.8, 4) is 5.75 Å². The molecular weight excluding hydrogens is 292 g/mol. The van der Waals surface area contributed by atoms with Gasteiger partial charge in [0.05, 0.1) is 0 Å². The van der Waals surface area contributed by atoms with Crippen LogP contribution in [0, 0.1) is 0 Å². The normalized spacial score (nSPS) is 10.4. The number of fused-ring (bicyclic) bond motifs is 1. The summed E-state index contributed by atoms with van der Waals surface area (Å²) in [6.45, 7) is 0.400. The van der Waals surface area contributed by atoms with Crippen molar-refractivity contribution in [1.82, 2.24) is 0 Å². The van der Waals surface area contributed by atoms with Crippen LogP contribution in [-0.2, 0) is 11.4 Å². The quantitative estimate of drug-likeness (QED) is 0.577. The third-order valence-electron chi connectivity index (χ3n) is 3.53. The van der Waals surface area contributed by atoms with Crippen molar-refractivity contribution in [3.05, 3.63) is 77.9 Å². The van der Waals surface area contributed by atoms with Crippen molar-refractivity contribution in [1.29, 1.82) is 0 Å². The van der Waals surface area contributed by atoms with Gasteiger partial charge in [-0.15, -0.1) is 0 Å². The zero-order chi connectivity index (χ0) is 16.2. The molecular formula is C19H14O4. The highest BCUT2D eigenvalue weighted by molar-refractivity contribution is 6.39. The van der Waals surface area contributed by atoms with Crippen LogP contribution in [-0.4, -0.2) is 16.9 Å². The van der Waals surface area contributed by atoms with E-state index in [1.807, 2.05) is 30.3 Å². The number of carbonyl (C=O) groups excluding carboxylic acids is 1. The lowest BCUT2D eigenvalue weighted by molar-refractivity contribution is -0.131. The average Bonchev–Trinajstić information content (AvgIpc) is 2.59. The second-order valence-corrected chi connectivity index (χ2v) is 5.13. The molecule has 3 aromatic carbocycles. The molecule has 0 atom stereocenters. The maximum atomic E-state index is 11.3. The topological polar surface area (TPSA) is 63.6 Å². The minimum absolute atomic E-state index is 0.135. The zero-order valence-electron chi connectivity index (χ0n) is 12.2. The first kappa shape index (κ1) is 14.8. The van der Waals surface area contributed by atoms with Crippen molar-refractivity contribution >= 4 is 22.5 Å². The molecule has 0 saturated heterocycles. The Hall–Kier alpha value is -3.14. The van der Waals surface area contributed by atoms with E-state index in [0.717, 1.165) is 10.9 Å². The second kappa shape index (κ2) is 6.32. The smallest absolute Gasteiger partial charge is 0.377 e. The fraction of sp³-hybridized carbons (Fsp3) is 0.0526. The van der Waals surface area contributed by atoms with E-state index in [1.54, 1.807) is 12.1 Å². The highest BCUT2D eigenvalue weighted by Gasteiger charge is 2.13. The Bertz CT molecular complexity index is 866. The predicted molar refractivity (Wildman–Crippen MR) is 86.7 cm³/mol. The highest BCUT2D eigenvalue weighted by atomic mass is 16.5. The molecule has 4 heteroatoms. The fourth-order valence-corrected chi connectivity index (χ4v) is 2.32.